The molecule has 2 atom stereocenters. The van der Waals surface area contributed by atoms with Gasteiger partial charge in [-0.05, 0) is 50.8 Å². The Balaban J connectivity index is 0.00000225. The van der Waals surface area contributed by atoms with Crippen LogP contribution in [0.1, 0.15) is 38.2 Å². The summed E-state index contributed by atoms with van der Waals surface area (Å²) in [6, 6.07) is 6.27. The van der Waals surface area contributed by atoms with Crippen molar-refractivity contribution in [2.45, 2.75) is 57.4 Å². The van der Waals surface area contributed by atoms with Crippen LogP contribution in [0.25, 0.3) is 0 Å². The van der Waals surface area contributed by atoms with E-state index >= 15 is 0 Å². The van der Waals surface area contributed by atoms with Gasteiger partial charge in [0, 0.05) is 29.2 Å². The maximum atomic E-state index is 13.0. The molecule has 0 unspecified atom stereocenters. The highest BCUT2D eigenvalue weighted by atomic mass is 79.9. The molecule has 2 N–H and O–H groups in total. The van der Waals surface area contributed by atoms with E-state index in [1.165, 1.54) is 0 Å². The Kier molecular flexibility index (Phi) is 7.55. The maximum Gasteiger partial charge on any atom is 0.252 e. The van der Waals surface area contributed by atoms with Gasteiger partial charge in [-0.1, -0.05) is 15.9 Å². The van der Waals surface area contributed by atoms with Gasteiger partial charge in [0.2, 0.25) is 0 Å². The van der Waals surface area contributed by atoms with E-state index in [-0.39, 0.29) is 30.5 Å². The summed E-state index contributed by atoms with van der Waals surface area (Å²) in [7, 11) is 0. The van der Waals surface area contributed by atoms with Crippen LogP contribution in [0.4, 0.5) is 0 Å². The number of carbonyl (C=O) groups excluding carboxylic acids is 1. The lowest BCUT2D eigenvalue weighted by Crippen LogP contribution is -2.40. The van der Waals surface area contributed by atoms with E-state index in [4.69, 9.17) is 15.2 Å². The summed E-state index contributed by atoms with van der Waals surface area (Å²) in [4.78, 5) is 14.9. The van der Waals surface area contributed by atoms with E-state index in [0.717, 1.165) is 41.5 Å². The normalized spacial score (nSPS) is 22.4. The Labute approximate surface area is 163 Å². The van der Waals surface area contributed by atoms with Crippen molar-refractivity contribution in [3.8, 4) is 5.75 Å². The molecule has 25 heavy (non-hydrogen) atoms. The molecule has 140 valence electrons. The summed E-state index contributed by atoms with van der Waals surface area (Å²) in [6.07, 6.45) is 3.44. The van der Waals surface area contributed by atoms with E-state index in [9.17, 15) is 4.79 Å². The number of halogens is 2. The number of nitrogens with two attached hydrogens (primary N) is 1. The lowest BCUT2D eigenvalue weighted by molar-refractivity contribution is -0.144. The molecule has 0 bridgehead atoms. The minimum Gasteiger partial charge on any atom is -0.494 e. The third-order valence-corrected chi connectivity index (χ3v) is 5.07. The summed E-state index contributed by atoms with van der Waals surface area (Å²) in [6.45, 7) is 3.61. The third kappa shape index (κ3) is 5.09. The molecule has 1 aliphatic heterocycles. The fourth-order valence-electron chi connectivity index (χ4n) is 3.17. The monoisotopic (exact) mass is 432 g/mol. The van der Waals surface area contributed by atoms with Crippen LogP contribution in [-0.4, -0.2) is 42.2 Å². The van der Waals surface area contributed by atoms with E-state index in [2.05, 4.69) is 15.9 Å². The van der Waals surface area contributed by atoms with Crippen molar-refractivity contribution in [1.82, 2.24) is 4.90 Å². The van der Waals surface area contributed by atoms with E-state index in [0.29, 0.717) is 25.7 Å². The first-order chi connectivity index (χ1) is 11.6. The number of benzene rings is 1. The minimum atomic E-state index is -0.346. The van der Waals surface area contributed by atoms with E-state index in [1.807, 2.05) is 30.0 Å². The van der Waals surface area contributed by atoms with Gasteiger partial charge in [0.25, 0.3) is 5.91 Å². The maximum absolute atomic E-state index is 13.0. The number of amides is 1. The number of nitrogens with zero attached hydrogens (tertiary/aromatic N) is 1. The first kappa shape index (κ1) is 20.5. The number of carbonyl (C=O) groups is 1. The molecule has 0 spiro atoms. The molecule has 2 fully saturated rings. The lowest BCUT2D eigenvalue weighted by Gasteiger charge is -2.26. The molecular weight excluding hydrogens is 408 g/mol. The second kappa shape index (κ2) is 9.21. The highest BCUT2D eigenvalue weighted by molar-refractivity contribution is 9.10. The highest BCUT2D eigenvalue weighted by Gasteiger charge is 2.39. The van der Waals surface area contributed by atoms with Crippen LogP contribution in [0, 0.1) is 0 Å². The van der Waals surface area contributed by atoms with Gasteiger partial charge < -0.3 is 20.1 Å². The molecule has 7 heteroatoms. The van der Waals surface area contributed by atoms with Gasteiger partial charge in [-0.3, -0.25) is 4.79 Å². The Morgan fingerprint density at radius 1 is 1.36 bits per heavy atom. The number of hydrogen-bond donors (Lipinski definition) is 1. The van der Waals surface area contributed by atoms with Crippen molar-refractivity contribution in [2.75, 3.05) is 13.2 Å². The quantitative estimate of drug-likeness (QED) is 0.717. The van der Waals surface area contributed by atoms with Gasteiger partial charge in [0.1, 0.15) is 11.9 Å². The molecule has 0 radical (unpaired) electrons. The fourth-order valence-corrected chi connectivity index (χ4v) is 3.58. The third-order valence-electron chi connectivity index (χ3n) is 4.58. The second-order valence-electron chi connectivity index (χ2n) is 6.44. The summed E-state index contributed by atoms with van der Waals surface area (Å²) in [5.74, 6) is 0.933. The average Bonchev–Trinajstić information content (AvgIpc) is 3.30. The minimum absolute atomic E-state index is 0. The molecule has 1 saturated carbocycles. The molecule has 1 amide bonds. The molecule has 3 rings (SSSR count). The molecule has 2 aliphatic rings. The predicted octanol–water partition coefficient (Wildman–Crippen LogP) is 3.27. The van der Waals surface area contributed by atoms with Crippen molar-refractivity contribution in [2.24, 2.45) is 5.73 Å². The van der Waals surface area contributed by atoms with Crippen LogP contribution in [0.2, 0.25) is 0 Å². The molecule has 1 aromatic carbocycles. The van der Waals surface area contributed by atoms with Crippen molar-refractivity contribution in [3.05, 3.63) is 28.2 Å². The molecule has 1 heterocycles. The van der Waals surface area contributed by atoms with E-state index in [1.54, 1.807) is 0 Å². The molecule has 5 nitrogen and oxygen atoms in total. The number of hydrogen-bond acceptors (Lipinski definition) is 4. The first-order valence-electron chi connectivity index (χ1n) is 8.69. The Morgan fingerprint density at radius 2 is 2.12 bits per heavy atom. The zero-order valence-electron chi connectivity index (χ0n) is 14.4. The second-order valence-corrected chi connectivity index (χ2v) is 7.36. The lowest BCUT2D eigenvalue weighted by atomic mass is 10.1. The molecule has 1 aromatic rings. The van der Waals surface area contributed by atoms with Crippen LogP contribution < -0.4 is 10.5 Å². The van der Waals surface area contributed by atoms with Crippen molar-refractivity contribution >= 4 is 34.2 Å². The SMILES string of the molecule is CCOc1ccc(Br)cc1CN(C(=O)[C@@H]1CC[C@H](CN)O1)C1CC1.Cl. The predicted molar refractivity (Wildman–Crippen MR) is 103 cm³/mol. The van der Waals surface area contributed by atoms with Crippen LogP contribution in [0.15, 0.2) is 22.7 Å². The van der Waals surface area contributed by atoms with Gasteiger partial charge >= 0.3 is 0 Å². The van der Waals surface area contributed by atoms with Gasteiger partial charge in [-0.15, -0.1) is 12.4 Å². The molecular formula is C18H26BrClN2O3. The fraction of sp³-hybridized carbons (Fsp3) is 0.611. The summed E-state index contributed by atoms with van der Waals surface area (Å²) in [5.41, 5.74) is 6.69. The Hall–Kier alpha value is -0.820. The smallest absolute Gasteiger partial charge is 0.252 e. The van der Waals surface area contributed by atoms with Gasteiger partial charge in [-0.2, -0.15) is 0 Å². The zero-order chi connectivity index (χ0) is 17.1. The first-order valence-corrected chi connectivity index (χ1v) is 9.49. The van der Waals surface area contributed by atoms with Crippen LogP contribution in [-0.2, 0) is 16.1 Å². The standard InChI is InChI=1S/C18H25BrN2O3.ClH/c1-2-23-16-7-3-13(19)9-12(16)11-21(14-4-5-14)18(22)17-8-6-15(10-20)24-17;/h3,7,9,14-15,17H,2,4-6,8,10-11,20H2,1H3;1H/t15-,17+;/m1./s1. The highest BCUT2D eigenvalue weighted by Crippen LogP contribution is 2.34. The van der Waals surface area contributed by atoms with Crippen molar-refractivity contribution in [1.29, 1.82) is 0 Å². The molecule has 0 aromatic heterocycles. The summed E-state index contributed by atoms with van der Waals surface area (Å²) in [5, 5.41) is 0. The van der Waals surface area contributed by atoms with Gasteiger partial charge in [0.15, 0.2) is 0 Å². The molecule has 1 aliphatic carbocycles. The average molecular weight is 434 g/mol. The number of rotatable bonds is 7. The topological polar surface area (TPSA) is 64.8 Å². The van der Waals surface area contributed by atoms with Gasteiger partial charge in [-0.25, -0.2) is 0 Å². The molecule has 1 saturated heterocycles. The summed E-state index contributed by atoms with van der Waals surface area (Å²) >= 11 is 3.51. The van der Waals surface area contributed by atoms with Crippen LogP contribution >= 0.6 is 28.3 Å². The van der Waals surface area contributed by atoms with Crippen molar-refractivity contribution < 1.29 is 14.3 Å². The number of ether oxygens (including phenoxy) is 2. The Morgan fingerprint density at radius 3 is 2.72 bits per heavy atom. The summed E-state index contributed by atoms with van der Waals surface area (Å²) < 4.78 is 12.5. The zero-order valence-corrected chi connectivity index (χ0v) is 16.9. The van der Waals surface area contributed by atoms with E-state index < -0.39 is 0 Å². The Bertz CT molecular complexity index is 598. The largest absolute Gasteiger partial charge is 0.494 e. The van der Waals surface area contributed by atoms with Gasteiger partial charge in [0.05, 0.1) is 12.7 Å². The van der Waals surface area contributed by atoms with Crippen molar-refractivity contribution in [3.63, 3.8) is 0 Å². The van der Waals surface area contributed by atoms with Crippen LogP contribution in [0.3, 0.4) is 0 Å². The van der Waals surface area contributed by atoms with Crippen LogP contribution in [0.5, 0.6) is 5.75 Å².